The van der Waals surface area contributed by atoms with Crippen molar-refractivity contribution < 1.29 is 9.21 Å². The molecule has 0 aliphatic heterocycles. The van der Waals surface area contributed by atoms with Gasteiger partial charge in [-0.15, -0.1) is 0 Å². The molecule has 1 aromatic carbocycles. The lowest BCUT2D eigenvalue weighted by molar-refractivity contribution is -0.131. The first kappa shape index (κ1) is 13.2. The zero-order valence-electron chi connectivity index (χ0n) is 11.2. The zero-order valence-corrected chi connectivity index (χ0v) is 11.2. The summed E-state index contributed by atoms with van der Waals surface area (Å²) in [6.45, 7) is 2.44. The lowest BCUT2D eigenvalue weighted by Crippen LogP contribution is -2.30. The van der Waals surface area contributed by atoms with Crippen LogP contribution in [-0.2, 0) is 11.3 Å². The number of likely N-dealkylation sites (N-methyl/N-ethyl adjacent to an activating group) is 1. The lowest BCUT2D eigenvalue weighted by atomic mass is 9.99. The molecular formula is C15H18N2O2. The molecule has 0 saturated heterocycles. The predicted molar refractivity (Wildman–Crippen MR) is 74.5 cm³/mol. The van der Waals surface area contributed by atoms with Crippen LogP contribution in [0.2, 0.25) is 0 Å². The average molecular weight is 258 g/mol. The fourth-order valence-corrected chi connectivity index (χ4v) is 2.04. The number of hydrogen-bond acceptors (Lipinski definition) is 3. The van der Waals surface area contributed by atoms with Crippen molar-refractivity contribution in [2.45, 2.75) is 19.4 Å². The van der Waals surface area contributed by atoms with Crippen LogP contribution in [0, 0.1) is 0 Å². The molecule has 4 heteroatoms. The van der Waals surface area contributed by atoms with Crippen molar-refractivity contribution in [2.24, 2.45) is 0 Å². The van der Waals surface area contributed by atoms with Crippen molar-refractivity contribution >= 4 is 11.6 Å². The minimum atomic E-state index is -0.208. The first-order valence-corrected chi connectivity index (χ1v) is 6.19. The molecule has 2 N–H and O–H groups in total. The van der Waals surface area contributed by atoms with E-state index >= 15 is 0 Å². The Bertz CT molecular complexity index is 549. The van der Waals surface area contributed by atoms with E-state index in [0.717, 1.165) is 11.1 Å². The Morgan fingerprint density at radius 3 is 2.84 bits per heavy atom. The fourth-order valence-electron chi connectivity index (χ4n) is 2.04. The number of benzene rings is 1. The van der Waals surface area contributed by atoms with Crippen molar-refractivity contribution in [2.75, 3.05) is 12.8 Å². The Morgan fingerprint density at radius 1 is 1.42 bits per heavy atom. The zero-order chi connectivity index (χ0) is 13.8. The summed E-state index contributed by atoms with van der Waals surface area (Å²) in [5, 5.41) is 0. The van der Waals surface area contributed by atoms with E-state index in [0.29, 0.717) is 12.2 Å². The Morgan fingerprint density at radius 2 is 2.21 bits per heavy atom. The molecule has 2 aromatic rings. The van der Waals surface area contributed by atoms with E-state index in [9.17, 15) is 4.79 Å². The van der Waals surface area contributed by atoms with Crippen molar-refractivity contribution in [1.82, 2.24) is 4.90 Å². The van der Waals surface area contributed by atoms with Crippen LogP contribution in [0.1, 0.15) is 24.0 Å². The van der Waals surface area contributed by atoms with E-state index in [-0.39, 0.29) is 11.8 Å². The van der Waals surface area contributed by atoms with Gasteiger partial charge in [-0.2, -0.15) is 0 Å². The second-order valence-electron chi connectivity index (χ2n) is 4.72. The van der Waals surface area contributed by atoms with Crippen molar-refractivity contribution in [1.29, 1.82) is 0 Å². The van der Waals surface area contributed by atoms with Gasteiger partial charge in [0.2, 0.25) is 5.91 Å². The average Bonchev–Trinajstić information content (AvgIpc) is 2.89. The third-order valence-corrected chi connectivity index (χ3v) is 3.16. The van der Waals surface area contributed by atoms with Gasteiger partial charge in [0.25, 0.3) is 0 Å². The highest BCUT2D eigenvalue weighted by Crippen LogP contribution is 2.20. The Labute approximate surface area is 112 Å². The number of nitrogens with zero attached hydrogens (tertiary/aromatic N) is 1. The summed E-state index contributed by atoms with van der Waals surface area (Å²) in [5.74, 6) is -0.146. The quantitative estimate of drug-likeness (QED) is 0.858. The number of nitrogens with two attached hydrogens (primary N) is 1. The molecule has 100 valence electrons. The third-order valence-electron chi connectivity index (χ3n) is 3.16. The molecule has 2 rings (SSSR count). The van der Waals surface area contributed by atoms with Crippen LogP contribution in [0.3, 0.4) is 0 Å². The summed E-state index contributed by atoms with van der Waals surface area (Å²) in [6.07, 6.45) is 3.25. The second-order valence-corrected chi connectivity index (χ2v) is 4.72. The maximum absolute atomic E-state index is 12.3. The molecule has 0 radical (unpaired) electrons. The molecule has 1 heterocycles. The van der Waals surface area contributed by atoms with Gasteiger partial charge in [0.15, 0.2) is 0 Å². The molecule has 19 heavy (non-hydrogen) atoms. The van der Waals surface area contributed by atoms with Gasteiger partial charge in [0.1, 0.15) is 0 Å². The van der Waals surface area contributed by atoms with Crippen LogP contribution < -0.4 is 5.73 Å². The van der Waals surface area contributed by atoms with Crippen LogP contribution in [0.4, 0.5) is 5.69 Å². The van der Waals surface area contributed by atoms with Gasteiger partial charge in [-0.25, -0.2) is 0 Å². The fraction of sp³-hybridized carbons (Fsp3) is 0.267. The Hall–Kier alpha value is -2.23. The molecule has 0 bridgehead atoms. The number of amides is 1. The van der Waals surface area contributed by atoms with Gasteiger partial charge in [0.05, 0.1) is 18.4 Å². The van der Waals surface area contributed by atoms with Gasteiger partial charge in [0, 0.05) is 24.8 Å². The minimum absolute atomic E-state index is 0.0619. The summed E-state index contributed by atoms with van der Waals surface area (Å²) in [4.78, 5) is 14.0. The standard InChI is InChI=1S/C15H18N2O2/c1-11(13-4-3-5-14(16)8-13)15(18)17(2)9-12-6-7-19-10-12/h3-8,10-11H,9,16H2,1-2H3. The molecular weight excluding hydrogens is 240 g/mol. The van der Waals surface area contributed by atoms with Crippen molar-refractivity contribution in [3.63, 3.8) is 0 Å². The number of hydrogen-bond donors (Lipinski definition) is 1. The van der Waals surface area contributed by atoms with Crippen LogP contribution >= 0.6 is 0 Å². The van der Waals surface area contributed by atoms with Crippen LogP contribution in [0.25, 0.3) is 0 Å². The van der Waals surface area contributed by atoms with E-state index in [4.69, 9.17) is 10.2 Å². The van der Waals surface area contributed by atoms with Gasteiger partial charge < -0.3 is 15.1 Å². The number of nitrogen functional groups attached to an aromatic ring is 1. The van der Waals surface area contributed by atoms with Crippen LogP contribution in [0.5, 0.6) is 0 Å². The molecule has 1 amide bonds. The first-order chi connectivity index (χ1) is 9.08. The molecule has 1 unspecified atom stereocenters. The number of carbonyl (C=O) groups is 1. The van der Waals surface area contributed by atoms with E-state index < -0.39 is 0 Å². The van der Waals surface area contributed by atoms with Gasteiger partial charge in [-0.1, -0.05) is 12.1 Å². The van der Waals surface area contributed by atoms with Crippen LogP contribution in [0.15, 0.2) is 47.3 Å². The van der Waals surface area contributed by atoms with E-state index in [1.54, 1.807) is 24.5 Å². The molecule has 1 atom stereocenters. The number of rotatable bonds is 4. The number of carbonyl (C=O) groups excluding carboxylic acids is 1. The second kappa shape index (κ2) is 5.61. The van der Waals surface area contributed by atoms with Crippen molar-refractivity contribution in [3.05, 3.63) is 54.0 Å². The third kappa shape index (κ3) is 3.16. The minimum Gasteiger partial charge on any atom is -0.472 e. The van der Waals surface area contributed by atoms with Gasteiger partial charge in [-0.05, 0) is 30.7 Å². The van der Waals surface area contributed by atoms with Gasteiger partial charge in [-0.3, -0.25) is 4.79 Å². The normalized spacial score (nSPS) is 12.1. The highest BCUT2D eigenvalue weighted by atomic mass is 16.3. The highest BCUT2D eigenvalue weighted by Gasteiger charge is 2.19. The maximum Gasteiger partial charge on any atom is 0.229 e. The molecule has 0 aliphatic carbocycles. The summed E-state index contributed by atoms with van der Waals surface area (Å²) in [6, 6.07) is 9.30. The maximum atomic E-state index is 12.3. The molecule has 0 saturated carbocycles. The summed E-state index contributed by atoms with van der Waals surface area (Å²) in [5.41, 5.74) is 8.34. The van der Waals surface area contributed by atoms with E-state index in [2.05, 4.69) is 0 Å². The smallest absolute Gasteiger partial charge is 0.229 e. The van der Waals surface area contributed by atoms with E-state index in [1.165, 1.54) is 0 Å². The molecule has 0 aliphatic rings. The molecule has 0 fully saturated rings. The topological polar surface area (TPSA) is 59.5 Å². The summed E-state index contributed by atoms with van der Waals surface area (Å²) >= 11 is 0. The molecule has 0 spiro atoms. The Kier molecular flexibility index (Phi) is 3.90. The predicted octanol–water partition coefficient (Wildman–Crippen LogP) is 2.62. The molecule has 1 aromatic heterocycles. The SMILES string of the molecule is CC(C(=O)N(C)Cc1ccoc1)c1cccc(N)c1. The lowest BCUT2D eigenvalue weighted by Gasteiger charge is -2.21. The van der Waals surface area contributed by atoms with Gasteiger partial charge >= 0.3 is 0 Å². The number of furan rings is 1. The highest BCUT2D eigenvalue weighted by molar-refractivity contribution is 5.83. The first-order valence-electron chi connectivity index (χ1n) is 6.19. The summed E-state index contributed by atoms with van der Waals surface area (Å²) < 4.78 is 5.00. The molecule has 4 nitrogen and oxygen atoms in total. The summed E-state index contributed by atoms with van der Waals surface area (Å²) in [7, 11) is 1.79. The van der Waals surface area contributed by atoms with Crippen molar-refractivity contribution in [3.8, 4) is 0 Å². The van der Waals surface area contributed by atoms with E-state index in [1.807, 2.05) is 37.3 Å². The Balaban J connectivity index is 2.06. The monoisotopic (exact) mass is 258 g/mol. The largest absolute Gasteiger partial charge is 0.472 e. The van der Waals surface area contributed by atoms with Crippen LogP contribution in [-0.4, -0.2) is 17.9 Å². The number of anilines is 1.